The second kappa shape index (κ2) is 4.60. The van der Waals surface area contributed by atoms with Gasteiger partial charge in [0.1, 0.15) is 0 Å². The molecule has 1 aromatic rings. The molecule has 3 rings (SSSR count). The molecule has 0 radical (unpaired) electrons. The lowest BCUT2D eigenvalue weighted by molar-refractivity contribution is -0.0928. The van der Waals surface area contributed by atoms with Crippen LogP contribution in [0.15, 0.2) is 35.2 Å². The molecule has 0 saturated heterocycles. The van der Waals surface area contributed by atoms with Gasteiger partial charge in [0.15, 0.2) is 9.84 Å². The Morgan fingerprint density at radius 3 is 2.58 bits per heavy atom. The molecule has 19 heavy (non-hydrogen) atoms. The normalized spacial score (nSPS) is 35.0. The maximum absolute atomic E-state index is 12.6. The maximum Gasteiger partial charge on any atom is 0.184 e. The van der Waals surface area contributed by atoms with Crippen molar-refractivity contribution in [3.63, 3.8) is 0 Å². The highest BCUT2D eigenvalue weighted by molar-refractivity contribution is 7.92. The van der Waals surface area contributed by atoms with Gasteiger partial charge in [0, 0.05) is 0 Å². The summed E-state index contributed by atoms with van der Waals surface area (Å²) in [4.78, 5) is 0.344. The van der Waals surface area contributed by atoms with Crippen molar-refractivity contribution >= 4 is 9.84 Å². The third-order valence-corrected chi connectivity index (χ3v) is 7.12. The molecule has 0 bridgehead atoms. The topological polar surface area (TPSA) is 54.4 Å². The highest BCUT2D eigenvalue weighted by Crippen LogP contribution is 2.51. The quantitative estimate of drug-likeness (QED) is 0.905. The van der Waals surface area contributed by atoms with E-state index in [1.54, 1.807) is 24.3 Å². The SMILES string of the molecule is O=S(=O)(c1ccccc1)[C@@H]1C[C@@H]2CCCCC[C@@]21O. The first-order valence-electron chi connectivity index (χ1n) is 7.06. The van der Waals surface area contributed by atoms with Gasteiger partial charge in [-0.1, -0.05) is 37.5 Å². The number of fused-ring (bicyclic) bond motifs is 1. The van der Waals surface area contributed by atoms with Crippen LogP contribution in [0, 0.1) is 5.92 Å². The zero-order valence-electron chi connectivity index (χ0n) is 11.0. The third kappa shape index (κ3) is 2.01. The van der Waals surface area contributed by atoms with Gasteiger partial charge in [0.2, 0.25) is 0 Å². The van der Waals surface area contributed by atoms with Crippen LogP contribution in [0.4, 0.5) is 0 Å². The molecule has 1 N–H and O–H groups in total. The first-order chi connectivity index (χ1) is 9.05. The molecule has 1 aromatic carbocycles. The van der Waals surface area contributed by atoms with Crippen LogP contribution in [-0.2, 0) is 9.84 Å². The van der Waals surface area contributed by atoms with E-state index in [1.807, 2.05) is 6.07 Å². The number of hydrogen-bond acceptors (Lipinski definition) is 3. The minimum absolute atomic E-state index is 0.179. The fourth-order valence-corrected chi connectivity index (χ4v) is 5.85. The number of hydrogen-bond donors (Lipinski definition) is 1. The Bertz CT molecular complexity index is 552. The molecule has 0 unspecified atom stereocenters. The van der Waals surface area contributed by atoms with Gasteiger partial charge in [-0.05, 0) is 37.3 Å². The summed E-state index contributed by atoms with van der Waals surface area (Å²) in [5.41, 5.74) is -0.981. The van der Waals surface area contributed by atoms with Crippen LogP contribution in [0.25, 0.3) is 0 Å². The Balaban J connectivity index is 1.92. The maximum atomic E-state index is 12.6. The Morgan fingerprint density at radius 2 is 1.84 bits per heavy atom. The van der Waals surface area contributed by atoms with E-state index in [4.69, 9.17) is 0 Å². The van der Waals surface area contributed by atoms with Crippen molar-refractivity contribution in [2.24, 2.45) is 5.92 Å². The molecule has 104 valence electrons. The molecule has 0 heterocycles. The van der Waals surface area contributed by atoms with Crippen molar-refractivity contribution in [3.05, 3.63) is 30.3 Å². The van der Waals surface area contributed by atoms with Crippen LogP contribution >= 0.6 is 0 Å². The zero-order valence-corrected chi connectivity index (χ0v) is 11.8. The predicted molar refractivity (Wildman–Crippen MR) is 73.6 cm³/mol. The van der Waals surface area contributed by atoms with E-state index in [0.717, 1.165) is 25.7 Å². The van der Waals surface area contributed by atoms with E-state index in [2.05, 4.69) is 0 Å². The van der Waals surface area contributed by atoms with Crippen LogP contribution in [0.5, 0.6) is 0 Å². The number of benzene rings is 1. The Labute approximate surface area is 114 Å². The molecular formula is C15H20O3S. The molecule has 4 heteroatoms. The minimum atomic E-state index is -3.40. The van der Waals surface area contributed by atoms with Gasteiger partial charge < -0.3 is 5.11 Å². The minimum Gasteiger partial charge on any atom is -0.388 e. The van der Waals surface area contributed by atoms with E-state index in [0.29, 0.717) is 17.7 Å². The van der Waals surface area contributed by atoms with Gasteiger partial charge in [-0.3, -0.25) is 0 Å². The lowest BCUT2D eigenvalue weighted by Crippen LogP contribution is -2.62. The second-order valence-corrected chi connectivity index (χ2v) is 8.00. The first kappa shape index (κ1) is 13.1. The van der Waals surface area contributed by atoms with Gasteiger partial charge in [0.25, 0.3) is 0 Å². The highest BCUT2D eigenvalue weighted by atomic mass is 32.2. The van der Waals surface area contributed by atoms with Crippen molar-refractivity contribution < 1.29 is 13.5 Å². The summed E-state index contributed by atoms with van der Waals surface area (Å²) in [5.74, 6) is 0.179. The molecule has 3 atom stereocenters. The summed E-state index contributed by atoms with van der Waals surface area (Å²) < 4.78 is 25.3. The zero-order chi connectivity index (χ0) is 13.5. The molecule has 2 saturated carbocycles. The summed E-state index contributed by atoms with van der Waals surface area (Å²) in [6.45, 7) is 0. The standard InChI is InChI=1S/C15H20O3S/c16-15-10-6-2-3-7-12(15)11-14(15)19(17,18)13-8-4-1-5-9-13/h1,4-5,8-9,12,14,16H,2-3,6-7,10-11H2/t12-,14+,15+/m0/s1. The van der Waals surface area contributed by atoms with Crippen LogP contribution in [0.3, 0.4) is 0 Å². The van der Waals surface area contributed by atoms with Crippen molar-refractivity contribution in [2.45, 2.75) is 54.3 Å². The summed E-state index contributed by atoms with van der Waals surface area (Å²) in [5, 5.41) is 10.2. The number of sulfone groups is 1. The Morgan fingerprint density at radius 1 is 1.11 bits per heavy atom. The van der Waals surface area contributed by atoms with Crippen molar-refractivity contribution in [1.82, 2.24) is 0 Å². The molecule has 0 aliphatic heterocycles. The van der Waals surface area contributed by atoms with E-state index in [1.165, 1.54) is 0 Å². The van der Waals surface area contributed by atoms with Crippen molar-refractivity contribution in [3.8, 4) is 0 Å². The second-order valence-electron chi connectivity index (χ2n) is 5.87. The number of rotatable bonds is 2. The van der Waals surface area contributed by atoms with Gasteiger partial charge in [-0.2, -0.15) is 0 Å². The average molecular weight is 280 g/mol. The van der Waals surface area contributed by atoms with Crippen LogP contribution in [-0.4, -0.2) is 24.4 Å². The summed E-state index contributed by atoms with van der Waals surface area (Å²) in [6.07, 6.45) is 5.38. The first-order valence-corrected chi connectivity index (χ1v) is 8.61. The summed E-state index contributed by atoms with van der Waals surface area (Å²) >= 11 is 0. The molecule has 0 amide bonds. The fraction of sp³-hybridized carbons (Fsp3) is 0.600. The summed E-state index contributed by atoms with van der Waals surface area (Å²) in [7, 11) is -3.40. The Hall–Kier alpha value is -0.870. The lowest BCUT2D eigenvalue weighted by atomic mass is 9.66. The molecular weight excluding hydrogens is 260 g/mol. The van der Waals surface area contributed by atoms with Crippen molar-refractivity contribution in [1.29, 1.82) is 0 Å². The monoisotopic (exact) mass is 280 g/mol. The molecule has 2 fully saturated rings. The molecule has 0 aromatic heterocycles. The smallest absolute Gasteiger partial charge is 0.184 e. The summed E-state index contributed by atoms with van der Waals surface area (Å²) in [6, 6.07) is 8.54. The van der Waals surface area contributed by atoms with Gasteiger partial charge >= 0.3 is 0 Å². The molecule has 2 aliphatic rings. The number of aliphatic hydroxyl groups is 1. The van der Waals surface area contributed by atoms with E-state index >= 15 is 0 Å². The van der Waals surface area contributed by atoms with E-state index in [-0.39, 0.29) is 5.92 Å². The van der Waals surface area contributed by atoms with Crippen molar-refractivity contribution in [2.75, 3.05) is 0 Å². The largest absolute Gasteiger partial charge is 0.388 e. The van der Waals surface area contributed by atoms with Gasteiger partial charge in [-0.15, -0.1) is 0 Å². The third-order valence-electron chi connectivity index (χ3n) is 4.84. The van der Waals surface area contributed by atoms with E-state index in [9.17, 15) is 13.5 Å². The van der Waals surface area contributed by atoms with Crippen LogP contribution < -0.4 is 0 Å². The van der Waals surface area contributed by atoms with E-state index < -0.39 is 20.7 Å². The van der Waals surface area contributed by atoms with Crippen LogP contribution in [0.2, 0.25) is 0 Å². The Kier molecular flexibility index (Phi) is 3.18. The lowest BCUT2D eigenvalue weighted by Gasteiger charge is -2.51. The average Bonchev–Trinajstić information content (AvgIpc) is 2.53. The predicted octanol–water partition coefficient (Wildman–Crippen LogP) is 2.54. The van der Waals surface area contributed by atoms with Gasteiger partial charge in [-0.25, -0.2) is 8.42 Å². The van der Waals surface area contributed by atoms with Crippen LogP contribution in [0.1, 0.15) is 38.5 Å². The fourth-order valence-electron chi connectivity index (χ4n) is 3.65. The highest BCUT2D eigenvalue weighted by Gasteiger charge is 2.59. The molecule has 2 aliphatic carbocycles. The molecule has 0 spiro atoms. The molecule has 3 nitrogen and oxygen atoms in total. The van der Waals surface area contributed by atoms with Gasteiger partial charge in [0.05, 0.1) is 15.7 Å².